The molecule has 166 valence electrons. The molecule has 1 aliphatic carbocycles. The highest BCUT2D eigenvalue weighted by atomic mass is 19.4. The van der Waals surface area contributed by atoms with Crippen molar-refractivity contribution in [2.45, 2.75) is 38.5 Å². The first-order valence-electron chi connectivity index (χ1n) is 10.5. The summed E-state index contributed by atoms with van der Waals surface area (Å²) < 4.78 is 44.3. The molecule has 2 unspecified atom stereocenters. The predicted molar refractivity (Wildman–Crippen MR) is 116 cm³/mol. The molecule has 0 saturated heterocycles. The predicted octanol–water partition coefficient (Wildman–Crippen LogP) is 6.70. The van der Waals surface area contributed by atoms with E-state index in [1.807, 2.05) is 43.3 Å². The molecule has 0 saturated carbocycles. The van der Waals surface area contributed by atoms with E-state index in [2.05, 4.69) is 0 Å². The zero-order valence-corrected chi connectivity index (χ0v) is 17.5. The number of alkyl halides is 3. The molecule has 0 radical (unpaired) electrons. The van der Waals surface area contributed by atoms with Gasteiger partial charge in [-0.15, -0.1) is 0 Å². The van der Waals surface area contributed by atoms with Gasteiger partial charge in [-0.3, -0.25) is 4.79 Å². The summed E-state index contributed by atoms with van der Waals surface area (Å²) in [5.74, 6) is -0.525. The topological polar surface area (TPSA) is 46.5 Å². The average Bonchev–Trinajstić information content (AvgIpc) is 2.77. The van der Waals surface area contributed by atoms with Crippen LogP contribution in [0.5, 0.6) is 5.75 Å². The standard InChI is InChI=1S/C26H23F3O3/c1-16-5-6-20-14-22(11-12-23(20)24(16)25(30)31)32-15-17-3-2-4-19(13-17)18-7-9-21(10-8-18)26(27,28)29/h2-4,7-14,16,24H,5-6,15H2,1H3,(H,30,31). The molecule has 0 heterocycles. The number of rotatable bonds is 5. The van der Waals surface area contributed by atoms with Crippen LogP contribution in [0, 0.1) is 5.92 Å². The van der Waals surface area contributed by atoms with E-state index in [1.165, 1.54) is 12.1 Å². The van der Waals surface area contributed by atoms with Crippen molar-refractivity contribution in [1.82, 2.24) is 0 Å². The number of carboxylic acids is 1. The van der Waals surface area contributed by atoms with E-state index in [4.69, 9.17) is 4.74 Å². The zero-order valence-electron chi connectivity index (χ0n) is 17.5. The van der Waals surface area contributed by atoms with Crippen molar-refractivity contribution in [1.29, 1.82) is 0 Å². The van der Waals surface area contributed by atoms with Crippen molar-refractivity contribution in [3.8, 4) is 16.9 Å². The summed E-state index contributed by atoms with van der Waals surface area (Å²) >= 11 is 0. The van der Waals surface area contributed by atoms with Gasteiger partial charge < -0.3 is 9.84 Å². The van der Waals surface area contributed by atoms with Crippen molar-refractivity contribution in [2.24, 2.45) is 5.92 Å². The lowest BCUT2D eigenvalue weighted by atomic mass is 9.76. The minimum atomic E-state index is -4.36. The Morgan fingerprint density at radius 2 is 1.78 bits per heavy atom. The van der Waals surface area contributed by atoms with E-state index in [9.17, 15) is 23.1 Å². The summed E-state index contributed by atoms with van der Waals surface area (Å²) in [6, 6.07) is 18.1. The second-order valence-corrected chi connectivity index (χ2v) is 8.26. The van der Waals surface area contributed by atoms with Gasteiger partial charge in [0.2, 0.25) is 0 Å². The number of hydrogen-bond acceptors (Lipinski definition) is 2. The molecule has 1 N–H and O–H groups in total. The number of halogens is 3. The molecule has 3 aromatic carbocycles. The fourth-order valence-corrected chi connectivity index (χ4v) is 4.28. The maximum Gasteiger partial charge on any atom is 0.416 e. The van der Waals surface area contributed by atoms with Gasteiger partial charge in [0.1, 0.15) is 12.4 Å². The number of hydrogen-bond donors (Lipinski definition) is 1. The first-order chi connectivity index (χ1) is 15.2. The molecule has 0 amide bonds. The maximum absolute atomic E-state index is 12.8. The van der Waals surface area contributed by atoms with Gasteiger partial charge in [0.05, 0.1) is 11.5 Å². The SMILES string of the molecule is CC1CCc2cc(OCc3cccc(-c4ccc(C(F)(F)F)cc4)c3)ccc2C1C(=O)O. The van der Waals surface area contributed by atoms with Crippen molar-refractivity contribution >= 4 is 5.97 Å². The van der Waals surface area contributed by atoms with Gasteiger partial charge >= 0.3 is 12.1 Å². The Morgan fingerprint density at radius 3 is 2.47 bits per heavy atom. The second-order valence-electron chi connectivity index (χ2n) is 8.26. The summed E-state index contributed by atoms with van der Waals surface area (Å²) in [6.07, 6.45) is -2.71. The van der Waals surface area contributed by atoms with Crippen molar-refractivity contribution in [3.05, 3.63) is 89.0 Å². The summed E-state index contributed by atoms with van der Waals surface area (Å²) in [7, 11) is 0. The van der Waals surface area contributed by atoms with Crippen LogP contribution in [0.2, 0.25) is 0 Å². The van der Waals surface area contributed by atoms with Crippen LogP contribution in [0.15, 0.2) is 66.7 Å². The fraction of sp³-hybridized carbons (Fsp3) is 0.269. The molecular formula is C26H23F3O3. The number of benzene rings is 3. The third-order valence-electron chi connectivity index (χ3n) is 6.03. The van der Waals surface area contributed by atoms with Gasteiger partial charge in [-0.2, -0.15) is 13.2 Å². The van der Waals surface area contributed by atoms with Gasteiger partial charge in [-0.05, 0) is 76.9 Å². The lowest BCUT2D eigenvalue weighted by molar-refractivity contribution is -0.140. The van der Waals surface area contributed by atoms with Crippen LogP contribution in [-0.2, 0) is 24.0 Å². The van der Waals surface area contributed by atoms with E-state index in [0.717, 1.165) is 47.2 Å². The lowest BCUT2D eigenvalue weighted by Crippen LogP contribution is -2.25. The number of carboxylic acid groups (broad SMARTS) is 1. The number of fused-ring (bicyclic) bond motifs is 1. The Labute approximate surface area is 184 Å². The summed E-state index contributed by atoms with van der Waals surface area (Å²) in [5, 5.41) is 9.56. The monoisotopic (exact) mass is 440 g/mol. The number of carbonyl (C=O) groups is 1. The first kappa shape index (κ1) is 21.9. The third-order valence-corrected chi connectivity index (χ3v) is 6.03. The minimum absolute atomic E-state index is 0.0969. The van der Waals surface area contributed by atoms with E-state index < -0.39 is 23.6 Å². The van der Waals surface area contributed by atoms with E-state index in [0.29, 0.717) is 17.9 Å². The molecule has 0 aromatic heterocycles. The number of ether oxygens (including phenoxy) is 1. The molecule has 3 aromatic rings. The molecule has 0 spiro atoms. The Morgan fingerprint density at radius 1 is 1.03 bits per heavy atom. The molecule has 2 atom stereocenters. The van der Waals surface area contributed by atoms with Gasteiger partial charge in [0.25, 0.3) is 0 Å². The molecule has 1 aliphatic rings. The molecule has 3 nitrogen and oxygen atoms in total. The lowest BCUT2D eigenvalue weighted by Gasteiger charge is -2.28. The van der Waals surface area contributed by atoms with E-state index in [1.54, 1.807) is 6.07 Å². The quantitative estimate of drug-likeness (QED) is 0.480. The molecule has 0 aliphatic heterocycles. The van der Waals surface area contributed by atoms with Crippen LogP contribution in [0.25, 0.3) is 11.1 Å². The minimum Gasteiger partial charge on any atom is -0.489 e. The number of aliphatic carboxylic acids is 1. The molecule has 0 bridgehead atoms. The second kappa shape index (κ2) is 8.69. The third kappa shape index (κ3) is 4.64. The highest BCUT2D eigenvalue weighted by Crippen LogP contribution is 2.38. The maximum atomic E-state index is 12.8. The van der Waals surface area contributed by atoms with Crippen LogP contribution >= 0.6 is 0 Å². The smallest absolute Gasteiger partial charge is 0.416 e. The average molecular weight is 440 g/mol. The highest BCUT2D eigenvalue weighted by Gasteiger charge is 2.32. The van der Waals surface area contributed by atoms with Gasteiger partial charge in [-0.1, -0.05) is 43.3 Å². The zero-order chi connectivity index (χ0) is 22.9. The normalized spacial score (nSPS) is 18.1. The van der Waals surface area contributed by atoms with Crippen LogP contribution in [0.4, 0.5) is 13.2 Å². The van der Waals surface area contributed by atoms with E-state index >= 15 is 0 Å². The van der Waals surface area contributed by atoms with Gasteiger partial charge in [0, 0.05) is 0 Å². The van der Waals surface area contributed by atoms with Crippen LogP contribution in [0.3, 0.4) is 0 Å². The molecule has 0 fully saturated rings. The molecular weight excluding hydrogens is 417 g/mol. The Balaban J connectivity index is 1.48. The molecule has 6 heteroatoms. The summed E-state index contributed by atoms with van der Waals surface area (Å²) in [6.45, 7) is 2.27. The highest BCUT2D eigenvalue weighted by molar-refractivity contribution is 5.77. The van der Waals surface area contributed by atoms with Crippen molar-refractivity contribution < 1.29 is 27.8 Å². The fourth-order valence-electron chi connectivity index (χ4n) is 4.28. The molecule has 32 heavy (non-hydrogen) atoms. The van der Waals surface area contributed by atoms with Crippen LogP contribution in [0.1, 0.15) is 41.5 Å². The van der Waals surface area contributed by atoms with Gasteiger partial charge in [0.15, 0.2) is 0 Å². The van der Waals surface area contributed by atoms with Crippen LogP contribution in [-0.4, -0.2) is 11.1 Å². The largest absolute Gasteiger partial charge is 0.489 e. The Kier molecular flexibility index (Phi) is 5.96. The van der Waals surface area contributed by atoms with Crippen LogP contribution < -0.4 is 4.74 Å². The van der Waals surface area contributed by atoms with Crippen molar-refractivity contribution in [3.63, 3.8) is 0 Å². The van der Waals surface area contributed by atoms with Crippen molar-refractivity contribution in [2.75, 3.05) is 0 Å². The summed E-state index contributed by atoms with van der Waals surface area (Å²) in [5.41, 5.74) is 3.58. The summed E-state index contributed by atoms with van der Waals surface area (Å²) in [4.78, 5) is 11.7. The first-order valence-corrected chi connectivity index (χ1v) is 10.5. The molecule has 4 rings (SSSR count). The Bertz CT molecular complexity index is 1120. The van der Waals surface area contributed by atoms with E-state index in [-0.39, 0.29) is 5.92 Å². The Hall–Kier alpha value is -3.28. The van der Waals surface area contributed by atoms with Gasteiger partial charge in [-0.25, -0.2) is 0 Å². The number of aryl methyl sites for hydroxylation is 1.